The summed E-state index contributed by atoms with van der Waals surface area (Å²) in [7, 11) is 0. The molecule has 12 heteroatoms. The highest BCUT2D eigenvalue weighted by molar-refractivity contribution is 9.10. The summed E-state index contributed by atoms with van der Waals surface area (Å²) in [4.78, 5) is 38.3. The van der Waals surface area contributed by atoms with Crippen LogP contribution >= 0.6 is 74.1 Å². The van der Waals surface area contributed by atoms with E-state index in [1.807, 2.05) is 25.1 Å². The lowest BCUT2D eigenvalue weighted by Crippen LogP contribution is -2.24. The average molecular weight is 651 g/mol. The lowest BCUT2D eigenvalue weighted by molar-refractivity contribution is -0.115. The van der Waals surface area contributed by atoms with Crippen molar-refractivity contribution in [3.8, 4) is 0 Å². The van der Waals surface area contributed by atoms with Crippen LogP contribution in [0.3, 0.4) is 0 Å². The largest absolute Gasteiger partial charge is 0.478 e. The maximum atomic E-state index is 13.0. The molecule has 0 saturated carbocycles. The maximum absolute atomic E-state index is 13.0. The summed E-state index contributed by atoms with van der Waals surface area (Å²) < 4.78 is 0.768. The Morgan fingerprint density at radius 1 is 0.917 bits per heavy atom. The van der Waals surface area contributed by atoms with E-state index in [-0.39, 0.29) is 21.0 Å². The van der Waals surface area contributed by atoms with Gasteiger partial charge < -0.3 is 15.7 Å². The Bertz CT molecular complexity index is 1360. The van der Waals surface area contributed by atoms with E-state index in [0.29, 0.717) is 22.7 Å². The highest BCUT2D eigenvalue weighted by Crippen LogP contribution is 2.42. The molecule has 0 bridgehead atoms. The minimum Gasteiger partial charge on any atom is -0.478 e. The second-order valence-electron chi connectivity index (χ2n) is 7.28. The van der Waals surface area contributed by atoms with Crippen LogP contribution in [-0.4, -0.2) is 28.1 Å². The number of carboxylic acids is 1. The predicted molar refractivity (Wildman–Crippen MR) is 151 cm³/mol. The zero-order valence-corrected chi connectivity index (χ0v) is 23.8. The van der Waals surface area contributed by atoms with Gasteiger partial charge in [-0.05, 0) is 52.7 Å². The van der Waals surface area contributed by atoms with Crippen LogP contribution in [0.15, 0.2) is 57.9 Å². The molecule has 3 aromatic carbocycles. The number of carbonyl (C=O) groups excluding carboxylic acids is 2. The number of hydrogen-bond acceptors (Lipinski definition) is 4. The Labute approximate surface area is 239 Å². The molecule has 0 aliphatic rings. The van der Waals surface area contributed by atoms with Crippen molar-refractivity contribution >= 4 is 103 Å². The first-order valence-corrected chi connectivity index (χ1v) is 13.5. The Balaban J connectivity index is 1.82. The number of carbonyl (C=O) groups is 3. The number of para-hydroxylation sites is 1. The second kappa shape index (κ2) is 12.5. The normalized spacial score (nSPS) is 11.6. The highest BCUT2D eigenvalue weighted by atomic mass is 79.9. The van der Waals surface area contributed by atoms with Crippen LogP contribution in [0.5, 0.6) is 0 Å². The molecule has 1 atom stereocenters. The van der Waals surface area contributed by atoms with Gasteiger partial charge >= 0.3 is 5.97 Å². The van der Waals surface area contributed by atoms with E-state index in [1.165, 1.54) is 11.8 Å². The van der Waals surface area contributed by atoms with Crippen LogP contribution in [-0.2, 0) is 4.79 Å². The van der Waals surface area contributed by atoms with Crippen molar-refractivity contribution in [2.45, 2.75) is 23.5 Å². The van der Waals surface area contributed by atoms with Crippen LogP contribution in [0.2, 0.25) is 20.1 Å². The number of halogens is 5. The minimum atomic E-state index is -1.49. The molecule has 0 aromatic heterocycles. The molecule has 3 N–H and O–H groups in total. The van der Waals surface area contributed by atoms with Gasteiger partial charge in [0.25, 0.3) is 5.91 Å². The number of carboxylic acid groups (broad SMARTS) is 1. The van der Waals surface area contributed by atoms with Crippen LogP contribution < -0.4 is 10.6 Å². The standard InChI is InChI=1S/C24H17BrCl4N2O4S/c1-2-15(22(32)31-14-9-4-3-8-13(14)25)36-12-7-5-6-11(10-12)30-23(33)16-17(24(34)35)19(27)21(29)20(28)18(16)26/h3-10,15H,2H2,1H3,(H,30,33)(H,31,32)(H,34,35). The Morgan fingerprint density at radius 2 is 1.56 bits per heavy atom. The fourth-order valence-corrected chi connectivity index (χ4v) is 5.57. The first-order valence-electron chi connectivity index (χ1n) is 10.3. The van der Waals surface area contributed by atoms with Crippen LogP contribution in [0.1, 0.15) is 34.1 Å². The molecular weight excluding hydrogens is 634 g/mol. The van der Waals surface area contributed by atoms with Crippen molar-refractivity contribution in [3.63, 3.8) is 0 Å². The van der Waals surface area contributed by atoms with Gasteiger partial charge in [0.2, 0.25) is 5.91 Å². The summed E-state index contributed by atoms with van der Waals surface area (Å²) in [5, 5.41) is 13.5. The molecule has 36 heavy (non-hydrogen) atoms. The smallest absolute Gasteiger partial charge is 0.338 e. The summed E-state index contributed by atoms with van der Waals surface area (Å²) in [6.45, 7) is 1.90. The van der Waals surface area contributed by atoms with Crippen molar-refractivity contribution in [1.82, 2.24) is 0 Å². The number of thioether (sulfide) groups is 1. The molecule has 3 rings (SSSR count). The van der Waals surface area contributed by atoms with Gasteiger partial charge in [-0.25, -0.2) is 4.79 Å². The summed E-state index contributed by atoms with van der Waals surface area (Å²) in [5.41, 5.74) is 0.0318. The molecule has 0 radical (unpaired) electrons. The monoisotopic (exact) mass is 648 g/mol. The van der Waals surface area contributed by atoms with Gasteiger partial charge in [0.15, 0.2) is 0 Å². The third-order valence-electron chi connectivity index (χ3n) is 4.87. The van der Waals surface area contributed by atoms with Gasteiger partial charge in [0.05, 0.1) is 42.2 Å². The fourth-order valence-electron chi connectivity index (χ4n) is 3.15. The van der Waals surface area contributed by atoms with Crippen molar-refractivity contribution in [2.75, 3.05) is 10.6 Å². The molecule has 6 nitrogen and oxygen atoms in total. The zero-order valence-electron chi connectivity index (χ0n) is 18.4. The lowest BCUT2D eigenvalue weighted by atomic mass is 10.1. The molecule has 2 amide bonds. The number of rotatable bonds is 8. The van der Waals surface area contributed by atoms with Crippen LogP contribution in [0.4, 0.5) is 11.4 Å². The summed E-state index contributed by atoms with van der Waals surface area (Å²) in [6.07, 6.45) is 0.552. The first kappa shape index (κ1) is 28.6. The molecular formula is C24H17BrCl4N2O4S. The quantitative estimate of drug-likeness (QED) is 0.129. The molecule has 0 aliphatic carbocycles. The van der Waals surface area contributed by atoms with Gasteiger partial charge in [-0.1, -0.05) is 71.5 Å². The Kier molecular flexibility index (Phi) is 9.97. The molecule has 3 aromatic rings. The molecule has 188 valence electrons. The SMILES string of the molecule is CCC(Sc1cccc(NC(=O)c2c(Cl)c(Cl)c(Cl)c(Cl)c2C(=O)O)c1)C(=O)Nc1ccccc1Br. The van der Waals surface area contributed by atoms with Gasteiger partial charge in [0.1, 0.15) is 0 Å². The third kappa shape index (κ3) is 6.49. The molecule has 0 aliphatic heterocycles. The second-order valence-corrected chi connectivity index (χ2v) is 10.9. The molecule has 1 unspecified atom stereocenters. The van der Waals surface area contributed by atoms with E-state index in [2.05, 4.69) is 26.6 Å². The summed E-state index contributed by atoms with van der Waals surface area (Å²) >= 11 is 28.9. The van der Waals surface area contributed by atoms with Gasteiger partial charge in [-0.2, -0.15) is 0 Å². The van der Waals surface area contributed by atoms with E-state index in [9.17, 15) is 19.5 Å². The summed E-state index contributed by atoms with van der Waals surface area (Å²) in [6, 6.07) is 14.0. The van der Waals surface area contributed by atoms with E-state index in [0.717, 1.165) is 4.47 Å². The zero-order chi connectivity index (χ0) is 26.6. The van der Waals surface area contributed by atoms with Crippen LogP contribution in [0, 0.1) is 0 Å². The maximum Gasteiger partial charge on any atom is 0.338 e. The van der Waals surface area contributed by atoms with E-state index < -0.39 is 33.3 Å². The number of nitrogens with one attached hydrogen (secondary N) is 2. The fraction of sp³-hybridized carbons (Fsp3) is 0.125. The average Bonchev–Trinajstić information content (AvgIpc) is 2.84. The van der Waals surface area contributed by atoms with E-state index in [1.54, 1.807) is 30.3 Å². The Hall–Kier alpha value is -1.94. The topological polar surface area (TPSA) is 95.5 Å². The highest BCUT2D eigenvalue weighted by Gasteiger charge is 2.29. The minimum absolute atomic E-state index is 0.174. The number of benzene rings is 3. The van der Waals surface area contributed by atoms with Crippen LogP contribution in [0.25, 0.3) is 0 Å². The number of anilines is 2. The number of aromatic carboxylic acids is 1. The molecule has 0 spiro atoms. The van der Waals surface area contributed by atoms with Crippen molar-refractivity contribution in [1.29, 1.82) is 0 Å². The lowest BCUT2D eigenvalue weighted by Gasteiger charge is -2.17. The Morgan fingerprint density at radius 3 is 2.17 bits per heavy atom. The number of hydrogen-bond donors (Lipinski definition) is 3. The van der Waals surface area contributed by atoms with Gasteiger partial charge in [0, 0.05) is 15.1 Å². The number of amides is 2. The van der Waals surface area contributed by atoms with Gasteiger partial charge in [-0.15, -0.1) is 11.8 Å². The molecule has 0 saturated heterocycles. The van der Waals surface area contributed by atoms with Gasteiger partial charge in [-0.3, -0.25) is 9.59 Å². The van der Waals surface area contributed by atoms with Crippen molar-refractivity contribution in [2.24, 2.45) is 0 Å². The molecule has 0 fully saturated rings. The van der Waals surface area contributed by atoms with Crippen molar-refractivity contribution in [3.05, 3.63) is 84.2 Å². The van der Waals surface area contributed by atoms with Crippen molar-refractivity contribution < 1.29 is 19.5 Å². The molecule has 0 heterocycles. The van der Waals surface area contributed by atoms with E-state index in [4.69, 9.17) is 46.4 Å². The predicted octanol–water partition coefficient (Wildman–Crippen LogP) is 8.52. The van der Waals surface area contributed by atoms with E-state index >= 15 is 0 Å². The third-order valence-corrected chi connectivity index (χ3v) is 8.72. The first-order chi connectivity index (χ1) is 17.0. The summed E-state index contributed by atoms with van der Waals surface area (Å²) in [5.74, 6) is -2.50.